The molecule has 0 fully saturated rings. The Bertz CT molecular complexity index is 311. The Labute approximate surface area is 96.8 Å². The molecule has 0 bridgehead atoms. The zero-order valence-electron chi connectivity index (χ0n) is 9.90. The van der Waals surface area contributed by atoms with Crippen molar-refractivity contribution in [1.82, 2.24) is 5.48 Å². The van der Waals surface area contributed by atoms with Crippen LogP contribution in [0.3, 0.4) is 0 Å². The molecule has 3 heteroatoms. The summed E-state index contributed by atoms with van der Waals surface area (Å²) in [5, 5.41) is 0. The fourth-order valence-electron chi connectivity index (χ4n) is 1.22. The highest BCUT2D eigenvalue weighted by Crippen LogP contribution is 2.01. The van der Waals surface area contributed by atoms with E-state index in [1.807, 2.05) is 44.2 Å². The van der Waals surface area contributed by atoms with E-state index in [1.165, 1.54) is 5.56 Å². The van der Waals surface area contributed by atoms with Gasteiger partial charge in [-0.25, -0.2) is 5.48 Å². The Kier molecular flexibility index (Phi) is 5.57. The van der Waals surface area contributed by atoms with Crippen molar-refractivity contribution >= 4 is 5.91 Å². The average molecular weight is 221 g/mol. The Morgan fingerprint density at radius 3 is 2.69 bits per heavy atom. The number of benzene rings is 1. The molecule has 0 radical (unpaired) electrons. The van der Waals surface area contributed by atoms with Crippen LogP contribution in [0.5, 0.6) is 0 Å². The maximum Gasteiger partial charge on any atom is 0.246 e. The first kappa shape index (κ1) is 12.7. The van der Waals surface area contributed by atoms with Crippen LogP contribution < -0.4 is 5.48 Å². The molecule has 0 heterocycles. The Hall–Kier alpha value is -1.35. The van der Waals surface area contributed by atoms with Crippen molar-refractivity contribution in [1.29, 1.82) is 0 Å². The van der Waals surface area contributed by atoms with E-state index in [1.54, 1.807) is 0 Å². The van der Waals surface area contributed by atoms with Crippen LogP contribution in [0.15, 0.2) is 30.3 Å². The minimum Gasteiger partial charge on any atom is -0.273 e. The Morgan fingerprint density at radius 1 is 1.38 bits per heavy atom. The van der Waals surface area contributed by atoms with Crippen molar-refractivity contribution in [3.05, 3.63) is 35.9 Å². The minimum absolute atomic E-state index is 0.0109. The molecule has 88 valence electrons. The number of carbonyl (C=O) groups is 1. The fraction of sp³-hybridized carbons (Fsp3) is 0.462. The molecule has 0 aliphatic heterocycles. The minimum atomic E-state index is -0.0458. The highest BCUT2D eigenvalue weighted by Gasteiger charge is 2.09. The first-order chi connectivity index (χ1) is 7.74. The average Bonchev–Trinajstić information content (AvgIpc) is 2.34. The summed E-state index contributed by atoms with van der Waals surface area (Å²) in [6, 6.07) is 10.1. The van der Waals surface area contributed by atoms with Crippen LogP contribution in [0.4, 0.5) is 0 Å². The van der Waals surface area contributed by atoms with E-state index in [-0.39, 0.29) is 11.8 Å². The van der Waals surface area contributed by atoms with Crippen LogP contribution in [0, 0.1) is 5.92 Å². The fourth-order valence-corrected chi connectivity index (χ4v) is 1.22. The van der Waals surface area contributed by atoms with Gasteiger partial charge in [0, 0.05) is 5.92 Å². The van der Waals surface area contributed by atoms with E-state index in [9.17, 15) is 4.79 Å². The molecule has 0 saturated heterocycles. The van der Waals surface area contributed by atoms with E-state index in [0.717, 1.165) is 12.8 Å². The van der Waals surface area contributed by atoms with Gasteiger partial charge >= 0.3 is 0 Å². The lowest BCUT2D eigenvalue weighted by Gasteiger charge is -2.09. The maximum atomic E-state index is 11.3. The first-order valence-corrected chi connectivity index (χ1v) is 5.69. The predicted octanol–water partition coefficient (Wildman–Crippen LogP) is 2.32. The van der Waals surface area contributed by atoms with Crippen molar-refractivity contribution in [2.75, 3.05) is 6.61 Å². The van der Waals surface area contributed by atoms with Gasteiger partial charge in [0.15, 0.2) is 0 Å². The molecular formula is C13H19NO2. The standard InChI is InChI=1S/C13H19NO2/c1-3-11(2)13(15)14-16-10-9-12-7-5-4-6-8-12/h4-8,11H,3,9-10H2,1-2H3,(H,14,15). The molecule has 0 spiro atoms. The number of amides is 1. The van der Waals surface area contributed by atoms with Gasteiger partial charge in [-0.1, -0.05) is 44.2 Å². The predicted molar refractivity (Wildman–Crippen MR) is 63.7 cm³/mol. The molecule has 1 amide bonds. The lowest BCUT2D eigenvalue weighted by Crippen LogP contribution is -2.29. The van der Waals surface area contributed by atoms with Crippen molar-refractivity contribution in [3.63, 3.8) is 0 Å². The quantitative estimate of drug-likeness (QED) is 0.591. The van der Waals surface area contributed by atoms with Gasteiger partial charge in [-0.2, -0.15) is 0 Å². The van der Waals surface area contributed by atoms with Crippen molar-refractivity contribution < 1.29 is 9.63 Å². The summed E-state index contributed by atoms with van der Waals surface area (Å²) in [4.78, 5) is 16.5. The van der Waals surface area contributed by atoms with E-state index in [0.29, 0.717) is 6.61 Å². The second kappa shape index (κ2) is 7.01. The molecule has 3 nitrogen and oxygen atoms in total. The molecule has 0 aliphatic carbocycles. The zero-order chi connectivity index (χ0) is 11.8. The maximum absolute atomic E-state index is 11.3. The highest BCUT2D eigenvalue weighted by atomic mass is 16.6. The van der Waals surface area contributed by atoms with Gasteiger partial charge in [0.05, 0.1) is 6.61 Å². The molecule has 1 unspecified atom stereocenters. The van der Waals surface area contributed by atoms with Gasteiger partial charge in [-0.15, -0.1) is 0 Å². The number of rotatable bonds is 6. The largest absolute Gasteiger partial charge is 0.273 e. The molecule has 1 N–H and O–H groups in total. The van der Waals surface area contributed by atoms with Crippen LogP contribution in [-0.4, -0.2) is 12.5 Å². The zero-order valence-corrected chi connectivity index (χ0v) is 9.90. The summed E-state index contributed by atoms with van der Waals surface area (Å²) in [6.45, 7) is 4.37. The second-order valence-electron chi connectivity index (χ2n) is 3.86. The van der Waals surface area contributed by atoms with Crippen LogP contribution in [-0.2, 0) is 16.1 Å². The monoisotopic (exact) mass is 221 g/mol. The van der Waals surface area contributed by atoms with Crippen LogP contribution in [0.2, 0.25) is 0 Å². The van der Waals surface area contributed by atoms with Crippen molar-refractivity contribution in [3.8, 4) is 0 Å². The van der Waals surface area contributed by atoms with E-state index >= 15 is 0 Å². The summed E-state index contributed by atoms with van der Waals surface area (Å²) in [7, 11) is 0. The van der Waals surface area contributed by atoms with Gasteiger partial charge in [0.25, 0.3) is 0 Å². The van der Waals surface area contributed by atoms with E-state index in [4.69, 9.17) is 4.84 Å². The number of hydrogen-bond acceptors (Lipinski definition) is 2. The molecule has 1 aromatic rings. The Morgan fingerprint density at radius 2 is 2.06 bits per heavy atom. The summed E-state index contributed by atoms with van der Waals surface area (Å²) < 4.78 is 0. The third-order valence-electron chi connectivity index (χ3n) is 2.57. The van der Waals surface area contributed by atoms with E-state index in [2.05, 4.69) is 5.48 Å². The van der Waals surface area contributed by atoms with Gasteiger partial charge in [0.1, 0.15) is 0 Å². The lowest BCUT2D eigenvalue weighted by atomic mass is 10.1. The molecule has 0 aromatic heterocycles. The third-order valence-corrected chi connectivity index (χ3v) is 2.57. The molecule has 1 atom stereocenters. The van der Waals surface area contributed by atoms with Gasteiger partial charge < -0.3 is 0 Å². The molecule has 1 rings (SSSR count). The normalized spacial score (nSPS) is 12.1. The summed E-state index contributed by atoms with van der Waals surface area (Å²) in [6.07, 6.45) is 1.63. The first-order valence-electron chi connectivity index (χ1n) is 5.69. The van der Waals surface area contributed by atoms with Gasteiger partial charge in [0.2, 0.25) is 5.91 Å². The van der Waals surface area contributed by atoms with E-state index < -0.39 is 0 Å². The highest BCUT2D eigenvalue weighted by molar-refractivity contribution is 5.77. The SMILES string of the molecule is CCC(C)C(=O)NOCCc1ccccc1. The van der Waals surface area contributed by atoms with Crippen LogP contribution >= 0.6 is 0 Å². The summed E-state index contributed by atoms with van der Waals surface area (Å²) in [5.41, 5.74) is 3.67. The molecule has 0 aliphatic rings. The number of carbonyl (C=O) groups excluding carboxylic acids is 1. The van der Waals surface area contributed by atoms with Gasteiger partial charge in [-0.05, 0) is 18.4 Å². The van der Waals surface area contributed by atoms with Crippen LogP contribution in [0.1, 0.15) is 25.8 Å². The molecular weight excluding hydrogens is 202 g/mol. The van der Waals surface area contributed by atoms with Crippen LogP contribution in [0.25, 0.3) is 0 Å². The van der Waals surface area contributed by atoms with Crippen molar-refractivity contribution in [2.24, 2.45) is 5.92 Å². The number of hydroxylamine groups is 1. The van der Waals surface area contributed by atoms with Crippen molar-refractivity contribution in [2.45, 2.75) is 26.7 Å². The van der Waals surface area contributed by atoms with Gasteiger partial charge in [-0.3, -0.25) is 9.63 Å². The summed E-state index contributed by atoms with van der Waals surface area (Å²) in [5.74, 6) is -0.0349. The summed E-state index contributed by atoms with van der Waals surface area (Å²) >= 11 is 0. The Balaban J connectivity index is 2.15. The topological polar surface area (TPSA) is 38.3 Å². The smallest absolute Gasteiger partial charge is 0.246 e. The number of hydrogen-bond donors (Lipinski definition) is 1. The molecule has 0 saturated carbocycles. The third kappa shape index (κ3) is 4.45. The molecule has 1 aromatic carbocycles. The molecule has 16 heavy (non-hydrogen) atoms. The second-order valence-corrected chi connectivity index (χ2v) is 3.86. The number of nitrogens with one attached hydrogen (secondary N) is 1. The lowest BCUT2D eigenvalue weighted by molar-refractivity contribution is -0.137.